The minimum atomic E-state index is -0.914. The summed E-state index contributed by atoms with van der Waals surface area (Å²) in [5.74, 6) is -0.0795. The average Bonchev–Trinajstić information content (AvgIpc) is 2.26. The minimum Gasteiger partial charge on any atom is -0.478 e. The van der Waals surface area contributed by atoms with Crippen LogP contribution < -0.4 is 4.90 Å². The highest BCUT2D eigenvalue weighted by Gasteiger charge is 2.24. The molecular weight excluding hydrogens is 214 g/mol. The summed E-state index contributed by atoms with van der Waals surface area (Å²) in [7, 11) is 0. The van der Waals surface area contributed by atoms with Gasteiger partial charge in [-0.15, -0.1) is 0 Å². The van der Waals surface area contributed by atoms with E-state index in [-0.39, 0.29) is 0 Å². The van der Waals surface area contributed by atoms with E-state index in [2.05, 4.69) is 11.8 Å². The smallest absolute Gasteiger partial charge is 0.328 e. The lowest BCUT2D eigenvalue weighted by Gasteiger charge is -2.40. The van der Waals surface area contributed by atoms with E-state index in [1.54, 1.807) is 6.08 Å². The molecule has 1 aromatic rings. The molecule has 2 rings (SSSR count). The Labute approximate surface area is 101 Å². The van der Waals surface area contributed by atoms with Crippen LogP contribution in [0.25, 0.3) is 6.08 Å². The molecule has 0 amide bonds. The second kappa shape index (κ2) is 5.04. The molecule has 0 radical (unpaired) electrons. The van der Waals surface area contributed by atoms with E-state index in [1.165, 1.54) is 12.1 Å². The summed E-state index contributed by atoms with van der Waals surface area (Å²) in [5.41, 5.74) is 2.14. The lowest BCUT2D eigenvalue weighted by Crippen LogP contribution is -2.46. The zero-order valence-electron chi connectivity index (χ0n) is 9.97. The SMILES string of the molecule is CCC1CN(c2ccc(/C=C/C(=O)O)cc2)C1. The standard InChI is InChI=1S/C14H17NO2/c1-2-11-9-15(10-11)13-6-3-12(4-7-13)5-8-14(16)17/h3-8,11H,2,9-10H2,1H3,(H,16,17)/b8-5+. The monoisotopic (exact) mass is 231 g/mol. The van der Waals surface area contributed by atoms with Gasteiger partial charge in [-0.3, -0.25) is 0 Å². The van der Waals surface area contributed by atoms with Crippen LogP contribution in [-0.2, 0) is 4.79 Å². The van der Waals surface area contributed by atoms with Gasteiger partial charge in [0.25, 0.3) is 0 Å². The first kappa shape index (κ1) is 11.7. The van der Waals surface area contributed by atoms with Gasteiger partial charge in [-0.1, -0.05) is 19.1 Å². The Kier molecular flexibility index (Phi) is 3.47. The molecule has 0 aromatic heterocycles. The van der Waals surface area contributed by atoms with Crippen LogP contribution in [0.15, 0.2) is 30.3 Å². The molecule has 17 heavy (non-hydrogen) atoms. The van der Waals surface area contributed by atoms with Crippen molar-refractivity contribution < 1.29 is 9.90 Å². The van der Waals surface area contributed by atoms with E-state index < -0.39 is 5.97 Å². The highest BCUT2D eigenvalue weighted by atomic mass is 16.4. The quantitative estimate of drug-likeness (QED) is 0.810. The van der Waals surface area contributed by atoms with Crippen LogP contribution in [0.2, 0.25) is 0 Å². The molecule has 1 N–H and O–H groups in total. The van der Waals surface area contributed by atoms with Crippen LogP contribution in [0.1, 0.15) is 18.9 Å². The summed E-state index contributed by atoms with van der Waals surface area (Å²) in [4.78, 5) is 12.7. The summed E-state index contributed by atoms with van der Waals surface area (Å²) >= 11 is 0. The van der Waals surface area contributed by atoms with E-state index >= 15 is 0 Å². The van der Waals surface area contributed by atoms with Crippen molar-refractivity contribution in [2.24, 2.45) is 5.92 Å². The van der Waals surface area contributed by atoms with Gasteiger partial charge in [-0.2, -0.15) is 0 Å². The number of carboxylic acids is 1. The maximum atomic E-state index is 10.4. The van der Waals surface area contributed by atoms with Crippen LogP contribution in [-0.4, -0.2) is 24.2 Å². The maximum Gasteiger partial charge on any atom is 0.328 e. The molecule has 3 heteroatoms. The number of rotatable bonds is 4. The topological polar surface area (TPSA) is 40.5 Å². The fourth-order valence-corrected chi connectivity index (χ4v) is 2.00. The maximum absolute atomic E-state index is 10.4. The molecule has 0 saturated carbocycles. The highest BCUT2D eigenvalue weighted by Crippen LogP contribution is 2.26. The van der Waals surface area contributed by atoms with Gasteiger partial charge in [0.05, 0.1) is 0 Å². The fraction of sp³-hybridized carbons (Fsp3) is 0.357. The van der Waals surface area contributed by atoms with Crippen LogP contribution in [0.5, 0.6) is 0 Å². The average molecular weight is 231 g/mol. The predicted molar refractivity (Wildman–Crippen MR) is 69.1 cm³/mol. The number of hydrogen-bond acceptors (Lipinski definition) is 2. The molecule has 3 nitrogen and oxygen atoms in total. The van der Waals surface area contributed by atoms with E-state index in [0.717, 1.165) is 30.6 Å². The van der Waals surface area contributed by atoms with Crippen molar-refractivity contribution >= 4 is 17.7 Å². The van der Waals surface area contributed by atoms with Crippen molar-refractivity contribution in [3.63, 3.8) is 0 Å². The number of hydrogen-bond donors (Lipinski definition) is 1. The molecule has 0 bridgehead atoms. The van der Waals surface area contributed by atoms with Crippen molar-refractivity contribution in [1.29, 1.82) is 0 Å². The number of carboxylic acid groups (broad SMARTS) is 1. The predicted octanol–water partition coefficient (Wildman–Crippen LogP) is 2.63. The van der Waals surface area contributed by atoms with Gasteiger partial charge in [0, 0.05) is 24.9 Å². The lowest BCUT2D eigenvalue weighted by atomic mass is 9.96. The first-order chi connectivity index (χ1) is 8.19. The summed E-state index contributed by atoms with van der Waals surface area (Å²) < 4.78 is 0. The number of benzene rings is 1. The zero-order chi connectivity index (χ0) is 12.3. The van der Waals surface area contributed by atoms with Crippen LogP contribution in [0.3, 0.4) is 0 Å². The second-order valence-electron chi connectivity index (χ2n) is 4.44. The third kappa shape index (κ3) is 2.87. The van der Waals surface area contributed by atoms with Gasteiger partial charge in [0.2, 0.25) is 0 Å². The van der Waals surface area contributed by atoms with Crippen molar-refractivity contribution in [1.82, 2.24) is 0 Å². The molecule has 1 heterocycles. The van der Waals surface area contributed by atoms with Crippen LogP contribution in [0.4, 0.5) is 5.69 Å². The Balaban J connectivity index is 1.97. The van der Waals surface area contributed by atoms with Gasteiger partial charge in [0.1, 0.15) is 0 Å². The Hall–Kier alpha value is -1.77. The number of anilines is 1. The fourth-order valence-electron chi connectivity index (χ4n) is 2.00. The van der Waals surface area contributed by atoms with Crippen molar-refractivity contribution in [3.8, 4) is 0 Å². The summed E-state index contributed by atoms with van der Waals surface area (Å²) in [6.45, 7) is 4.50. The van der Waals surface area contributed by atoms with Crippen LogP contribution in [0, 0.1) is 5.92 Å². The molecule has 1 aliphatic rings. The lowest BCUT2D eigenvalue weighted by molar-refractivity contribution is -0.131. The minimum absolute atomic E-state index is 0.835. The molecule has 1 aliphatic heterocycles. The largest absolute Gasteiger partial charge is 0.478 e. The number of aliphatic carboxylic acids is 1. The third-order valence-electron chi connectivity index (χ3n) is 3.21. The van der Waals surface area contributed by atoms with E-state index in [1.807, 2.05) is 24.3 Å². The van der Waals surface area contributed by atoms with Crippen LogP contribution >= 0.6 is 0 Å². The first-order valence-corrected chi connectivity index (χ1v) is 5.95. The normalized spacial score (nSPS) is 16.2. The van der Waals surface area contributed by atoms with Crippen molar-refractivity contribution in [2.75, 3.05) is 18.0 Å². The first-order valence-electron chi connectivity index (χ1n) is 5.95. The van der Waals surface area contributed by atoms with E-state index in [0.29, 0.717) is 0 Å². The molecule has 0 aliphatic carbocycles. The summed E-state index contributed by atoms with van der Waals surface area (Å²) in [6.07, 6.45) is 4.01. The summed E-state index contributed by atoms with van der Waals surface area (Å²) in [6, 6.07) is 8.00. The van der Waals surface area contributed by atoms with E-state index in [9.17, 15) is 4.79 Å². The molecule has 90 valence electrons. The molecule has 0 unspecified atom stereocenters. The molecule has 1 aromatic carbocycles. The molecular formula is C14H17NO2. The van der Waals surface area contributed by atoms with Gasteiger partial charge in [-0.05, 0) is 36.1 Å². The molecule has 1 fully saturated rings. The Morgan fingerprint density at radius 1 is 1.41 bits per heavy atom. The van der Waals surface area contributed by atoms with Gasteiger partial charge in [0.15, 0.2) is 0 Å². The van der Waals surface area contributed by atoms with Gasteiger partial charge in [-0.25, -0.2) is 4.79 Å². The number of nitrogens with zero attached hydrogens (tertiary/aromatic N) is 1. The Bertz CT molecular complexity index is 416. The Morgan fingerprint density at radius 2 is 2.06 bits per heavy atom. The highest BCUT2D eigenvalue weighted by molar-refractivity contribution is 5.85. The molecule has 0 atom stereocenters. The van der Waals surface area contributed by atoms with Gasteiger partial charge >= 0.3 is 5.97 Å². The number of carbonyl (C=O) groups is 1. The molecule has 1 saturated heterocycles. The van der Waals surface area contributed by atoms with Gasteiger partial charge < -0.3 is 10.0 Å². The zero-order valence-corrected chi connectivity index (χ0v) is 9.97. The second-order valence-corrected chi connectivity index (χ2v) is 4.44. The van der Waals surface area contributed by atoms with E-state index in [4.69, 9.17) is 5.11 Å². The van der Waals surface area contributed by atoms with Crippen molar-refractivity contribution in [3.05, 3.63) is 35.9 Å². The van der Waals surface area contributed by atoms with Crippen molar-refractivity contribution in [2.45, 2.75) is 13.3 Å². The third-order valence-corrected chi connectivity index (χ3v) is 3.21. The molecule has 0 spiro atoms. The Morgan fingerprint density at radius 3 is 2.59 bits per heavy atom. The summed E-state index contributed by atoms with van der Waals surface area (Å²) in [5, 5.41) is 8.53.